The van der Waals surface area contributed by atoms with Gasteiger partial charge < -0.3 is 28.8 Å². The van der Waals surface area contributed by atoms with Crippen molar-refractivity contribution in [2.24, 2.45) is 0 Å². The molecule has 0 unspecified atom stereocenters. The van der Waals surface area contributed by atoms with Gasteiger partial charge in [0.15, 0.2) is 22.8 Å². The number of phenolic OH excluding ortho intramolecular Hbond substituents is 2. The van der Waals surface area contributed by atoms with Crippen LogP contribution in [-0.4, -0.2) is 31.5 Å². The van der Waals surface area contributed by atoms with E-state index in [0.29, 0.717) is 0 Å². The molecule has 0 aliphatic rings. The Bertz CT molecular complexity index is 972. The number of aromatic hydroxyl groups is 2. The third-order valence-electron chi connectivity index (χ3n) is 3.57. The van der Waals surface area contributed by atoms with E-state index in [-0.39, 0.29) is 50.7 Å². The second-order valence-corrected chi connectivity index (χ2v) is 4.76. The van der Waals surface area contributed by atoms with Crippen molar-refractivity contribution < 1.29 is 28.8 Å². The molecule has 0 atom stereocenters. The molecule has 0 saturated heterocycles. The lowest BCUT2D eigenvalue weighted by Gasteiger charge is -2.13. The fourth-order valence-electron chi connectivity index (χ4n) is 2.56. The number of fused-ring (bicyclic) bond motifs is 2. The second kappa shape index (κ2) is 5.28. The maximum atomic E-state index is 12.8. The predicted molar refractivity (Wildman–Crippen MR) is 83.0 cm³/mol. The zero-order valence-electron chi connectivity index (χ0n) is 12.7. The molecule has 2 aromatic carbocycles. The summed E-state index contributed by atoms with van der Waals surface area (Å²) in [6.45, 7) is 0. The van der Waals surface area contributed by atoms with Gasteiger partial charge in [-0.1, -0.05) is 0 Å². The number of hydrogen-bond donors (Lipinski definition) is 2. The van der Waals surface area contributed by atoms with E-state index >= 15 is 0 Å². The molecule has 23 heavy (non-hydrogen) atoms. The highest BCUT2D eigenvalue weighted by molar-refractivity contribution is 5.99. The zero-order valence-corrected chi connectivity index (χ0v) is 12.7. The minimum atomic E-state index is -0.521. The Kier molecular flexibility index (Phi) is 3.40. The molecule has 0 amide bonds. The fourth-order valence-corrected chi connectivity index (χ4v) is 2.56. The highest BCUT2D eigenvalue weighted by Crippen LogP contribution is 2.43. The lowest BCUT2D eigenvalue weighted by Crippen LogP contribution is -2.06. The van der Waals surface area contributed by atoms with E-state index in [1.54, 1.807) is 0 Å². The van der Waals surface area contributed by atoms with Gasteiger partial charge in [0.2, 0.25) is 11.2 Å². The molecule has 0 saturated carbocycles. The van der Waals surface area contributed by atoms with E-state index in [4.69, 9.17) is 18.6 Å². The van der Waals surface area contributed by atoms with Crippen molar-refractivity contribution in [1.29, 1.82) is 0 Å². The summed E-state index contributed by atoms with van der Waals surface area (Å²) in [5.41, 5.74) is -0.356. The largest absolute Gasteiger partial charge is 0.507 e. The standard InChI is InChI=1S/C16H14O7/c1-20-9-5-4-7(17)11-13(19)12-10(23-15(9)11)6-8(18)14(21-2)16(12)22-3/h4-6,17-18H,1-3H3. The van der Waals surface area contributed by atoms with Crippen molar-refractivity contribution in [1.82, 2.24) is 0 Å². The molecular formula is C16H14O7. The zero-order chi connectivity index (χ0) is 16.7. The molecule has 0 aliphatic carbocycles. The van der Waals surface area contributed by atoms with Crippen molar-refractivity contribution in [3.63, 3.8) is 0 Å². The summed E-state index contributed by atoms with van der Waals surface area (Å²) in [4.78, 5) is 12.8. The quantitative estimate of drug-likeness (QED) is 0.715. The first-order chi connectivity index (χ1) is 11.0. The van der Waals surface area contributed by atoms with Gasteiger partial charge in [-0.3, -0.25) is 4.79 Å². The molecule has 120 valence electrons. The average Bonchev–Trinajstić information content (AvgIpc) is 2.53. The Labute approximate surface area is 130 Å². The maximum Gasteiger partial charge on any atom is 0.208 e. The Balaban J connectivity index is 2.62. The van der Waals surface area contributed by atoms with Crippen molar-refractivity contribution in [2.45, 2.75) is 0 Å². The van der Waals surface area contributed by atoms with Gasteiger partial charge in [0.05, 0.1) is 21.3 Å². The molecule has 7 nitrogen and oxygen atoms in total. The van der Waals surface area contributed by atoms with Crippen LogP contribution in [0.15, 0.2) is 27.4 Å². The summed E-state index contributed by atoms with van der Waals surface area (Å²) >= 11 is 0. The Morgan fingerprint density at radius 2 is 1.61 bits per heavy atom. The van der Waals surface area contributed by atoms with E-state index in [0.717, 1.165) is 0 Å². The first kappa shape index (κ1) is 14.8. The minimum Gasteiger partial charge on any atom is -0.507 e. The van der Waals surface area contributed by atoms with Crippen LogP contribution in [0, 0.1) is 0 Å². The van der Waals surface area contributed by atoms with Crippen LogP contribution >= 0.6 is 0 Å². The number of methoxy groups -OCH3 is 3. The molecule has 3 rings (SSSR count). The third-order valence-corrected chi connectivity index (χ3v) is 3.57. The molecule has 0 aliphatic heterocycles. The number of benzene rings is 2. The molecule has 1 aromatic heterocycles. The van der Waals surface area contributed by atoms with Gasteiger partial charge in [-0.05, 0) is 12.1 Å². The van der Waals surface area contributed by atoms with E-state index < -0.39 is 5.43 Å². The summed E-state index contributed by atoms with van der Waals surface area (Å²) in [7, 11) is 4.10. The summed E-state index contributed by atoms with van der Waals surface area (Å²) in [6, 6.07) is 4.07. The lowest BCUT2D eigenvalue weighted by atomic mass is 10.1. The van der Waals surface area contributed by atoms with Crippen LogP contribution in [0.5, 0.6) is 28.7 Å². The first-order valence-corrected chi connectivity index (χ1v) is 6.63. The molecule has 0 fully saturated rings. The van der Waals surface area contributed by atoms with Gasteiger partial charge in [-0.15, -0.1) is 0 Å². The topological polar surface area (TPSA) is 98.4 Å². The summed E-state index contributed by atoms with van der Waals surface area (Å²) in [5.74, 6) is -0.163. The monoisotopic (exact) mass is 318 g/mol. The fraction of sp³-hybridized carbons (Fsp3) is 0.188. The Hall–Kier alpha value is -3.09. The minimum absolute atomic E-state index is 0.00837. The highest BCUT2D eigenvalue weighted by Gasteiger charge is 2.23. The summed E-state index contributed by atoms with van der Waals surface area (Å²) < 4.78 is 21.1. The highest BCUT2D eigenvalue weighted by atomic mass is 16.5. The van der Waals surface area contributed by atoms with Gasteiger partial charge in [-0.25, -0.2) is 0 Å². The summed E-state index contributed by atoms with van der Waals surface area (Å²) in [5, 5.41) is 20.1. The van der Waals surface area contributed by atoms with E-state index in [2.05, 4.69) is 0 Å². The second-order valence-electron chi connectivity index (χ2n) is 4.76. The average molecular weight is 318 g/mol. The molecule has 0 spiro atoms. The van der Waals surface area contributed by atoms with Crippen LogP contribution in [0.1, 0.15) is 0 Å². The van der Waals surface area contributed by atoms with Crippen LogP contribution in [0.2, 0.25) is 0 Å². The number of ether oxygens (including phenoxy) is 3. The van der Waals surface area contributed by atoms with Crippen LogP contribution < -0.4 is 19.6 Å². The third kappa shape index (κ3) is 2.01. The van der Waals surface area contributed by atoms with Gasteiger partial charge in [0, 0.05) is 6.07 Å². The molecule has 0 bridgehead atoms. The van der Waals surface area contributed by atoms with Gasteiger partial charge >= 0.3 is 0 Å². The normalized spacial score (nSPS) is 10.9. The lowest BCUT2D eigenvalue weighted by molar-refractivity contribution is 0.335. The molecule has 0 radical (unpaired) electrons. The van der Waals surface area contributed by atoms with Crippen LogP contribution in [-0.2, 0) is 0 Å². The molecular weight excluding hydrogens is 304 g/mol. The van der Waals surface area contributed by atoms with Gasteiger partial charge in [0.1, 0.15) is 22.1 Å². The van der Waals surface area contributed by atoms with Crippen LogP contribution in [0.3, 0.4) is 0 Å². The van der Waals surface area contributed by atoms with E-state index in [9.17, 15) is 15.0 Å². The van der Waals surface area contributed by atoms with Crippen LogP contribution in [0.4, 0.5) is 0 Å². The smallest absolute Gasteiger partial charge is 0.208 e. The Morgan fingerprint density at radius 1 is 0.913 bits per heavy atom. The van der Waals surface area contributed by atoms with E-state index in [1.807, 2.05) is 0 Å². The number of rotatable bonds is 3. The Morgan fingerprint density at radius 3 is 2.22 bits per heavy atom. The van der Waals surface area contributed by atoms with E-state index in [1.165, 1.54) is 39.5 Å². The summed E-state index contributed by atoms with van der Waals surface area (Å²) in [6.07, 6.45) is 0. The molecule has 3 aromatic rings. The van der Waals surface area contributed by atoms with Gasteiger partial charge in [0.25, 0.3) is 0 Å². The van der Waals surface area contributed by atoms with Crippen molar-refractivity contribution in [3.8, 4) is 28.7 Å². The molecule has 2 N–H and O–H groups in total. The maximum absolute atomic E-state index is 12.8. The predicted octanol–water partition coefficient (Wildman–Crippen LogP) is 2.38. The SMILES string of the molecule is COc1c(O)cc2oc3c(OC)ccc(O)c3c(=O)c2c1OC. The van der Waals surface area contributed by atoms with Crippen molar-refractivity contribution in [2.75, 3.05) is 21.3 Å². The molecule has 1 heterocycles. The molecule has 7 heteroatoms. The number of phenols is 2. The van der Waals surface area contributed by atoms with Crippen molar-refractivity contribution in [3.05, 3.63) is 28.4 Å². The van der Waals surface area contributed by atoms with Gasteiger partial charge in [-0.2, -0.15) is 0 Å². The number of hydrogen-bond acceptors (Lipinski definition) is 7. The first-order valence-electron chi connectivity index (χ1n) is 6.63. The van der Waals surface area contributed by atoms with Crippen molar-refractivity contribution >= 4 is 21.9 Å². The van der Waals surface area contributed by atoms with Crippen LogP contribution in [0.25, 0.3) is 21.9 Å².